The Kier molecular flexibility index (Phi) is 12.3. The fraction of sp³-hybridized carbons (Fsp3) is 0.379. The average molecular weight is 580 g/mol. The molecule has 4 aromatic rings. The van der Waals surface area contributed by atoms with Crippen LogP contribution in [0.1, 0.15) is 25.8 Å². The Balaban J connectivity index is 1.02. The van der Waals surface area contributed by atoms with E-state index in [1.54, 1.807) is 22.7 Å². The Morgan fingerprint density at radius 2 is 1.23 bits per heavy atom. The number of nitrogens with zero attached hydrogens (tertiary/aromatic N) is 6. The fourth-order valence-electron chi connectivity index (χ4n) is 3.78. The summed E-state index contributed by atoms with van der Waals surface area (Å²) >= 11 is 3.17. The standard InChI is InChI=1S/C29H36N7O2S2/c1-3-35-16-22-39-28(35)33-31-26-9-7-24(8-10-26)6-5-18-37-20-21-38-19-15-30-25-11-13-27(14-12-25)32-34-29-36(4-2)17-23-40-29/h7-14,16-17,22-23H,3-6,15,18-21H2,1-2H3/q+1/p+1. The second-order valence-electron chi connectivity index (χ2n) is 8.81. The van der Waals surface area contributed by atoms with E-state index in [9.17, 15) is 0 Å². The van der Waals surface area contributed by atoms with Crippen molar-refractivity contribution < 1.29 is 18.6 Å². The summed E-state index contributed by atoms with van der Waals surface area (Å²) in [6.07, 6.45) is 5.98. The number of thiazole rings is 2. The van der Waals surface area contributed by atoms with Crippen LogP contribution in [0.2, 0.25) is 0 Å². The van der Waals surface area contributed by atoms with Crippen molar-refractivity contribution in [1.82, 2.24) is 0 Å². The summed E-state index contributed by atoms with van der Waals surface area (Å²) in [7, 11) is 0. The molecule has 0 spiro atoms. The van der Waals surface area contributed by atoms with E-state index in [0.717, 1.165) is 59.8 Å². The second kappa shape index (κ2) is 16.7. The highest BCUT2D eigenvalue weighted by Gasteiger charge is 2.10. The van der Waals surface area contributed by atoms with E-state index in [2.05, 4.69) is 60.9 Å². The van der Waals surface area contributed by atoms with Gasteiger partial charge in [-0.2, -0.15) is 0 Å². The van der Waals surface area contributed by atoms with Crippen LogP contribution in [0, 0.1) is 0 Å². The third-order valence-electron chi connectivity index (χ3n) is 6.01. The lowest BCUT2D eigenvalue weighted by Crippen LogP contribution is -2.28. The summed E-state index contributed by atoms with van der Waals surface area (Å²) in [4.78, 5) is 0. The van der Waals surface area contributed by atoms with Crippen LogP contribution >= 0.6 is 22.7 Å². The van der Waals surface area contributed by atoms with Gasteiger partial charge in [-0.05, 0) is 102 Å². The minimum absolute atomic E-state index is 0.587. The molecule has 0 saturated heterocycles. The van der Waals surface area contributed by atoms with E-state index in [0.29, 0.717) is 26.4 Å². The molecule has 9 nitrogen and oxygen atoms in total. The number of hydrogen-bond donors (Lipinski definition) is 1. The number of nitrogens with one attached hydrogen (secondary N) is 1. The highest BCUT2D eigenvalue weighted by Crippen LogP contribution is 2.21. The first-order chi connectivity index (χ1) is 19.7. The van der Waals surface area contributed by atoms with Gasteiger partial charge in [0, 0.05) is 29.6 Å². The molecule has 0 aliphatic heterocycles. The molecule has 0 unspecified atom stereocenters. The van der Waals surface area contributed by atoms with Gasteiger partial charge in [0.1, 0.15) is 23.8 Å². The van der Waals surface area contributed by atoms with Crippen molar-refractivity contribution in [2.75, 3.05) is 38.3 Å². The second-order valence-corrected chi connectivity index (χ2v) is 10.6. The number of anilines is 1. The highest BCUT2D eigenvalue weighted by atomic mass is 32.1. The molecule has 1 N–H and O–H groups in total. The van der Waals surface area contributed by atoms with Crippen LogP contribution in [0.25, 0.3) is 0 Å². The van der Waals surface area contributed by atoms with Crippen LogP contribution in [-0.4, -0.2) is 33.0 Å². The molecule has 4 rings (SSSR count). The Morgan fingerprint density at radius 1 is 0.675 bits per heavy atom. The molecule has 40 heavy (non-hydrogen) atoms. The maximum atomic E-state index is 5.72. The molecule has 0 radical (unpaired) electrons. The first kappa shape index (κ1) is 29.6. The summed E-state index contributed by atoms with van der Waals surface area (Å²) in [6.45, 7) is 9.22. The smallest absolute Gasteiger partial charge is 0.383 e. The van der Waals surface area contributed by atoms with Gasteiger partial charge in [-0.1, -0.05) is 12.1 Å². The molecule has 210 valence electrons. The lowest BCUT2D eigenvalue weighted by molar-refractivity contribution is -0.677. The first-order valence-electron chi connectivity index (χ1n) is 13.6. The number of aryl methyl sites for hydroxylation is 3. The molecule has 0 saturated carbocycles. The Hall–Kier alpha value is -3.38. The van der Waals surface area contributed by atoms with Crippen molar-refractivity contribution >= 4 is 50.0 Å². The van der Waals surface area contributed by atoms with Gasteiger partial charge >= 0.3 is 10.3 Å². The number of benzene rings is 2. The monoisotopic (exact) mass is 579 g/mol. The van der Waals surface area contributed by atoms with Gasteiger partial charge in [0.25, 0.3) is 0 Å². The van der Waals surface area contributed by atoms with Crippen molar-refractivity contribution in [3.8, 4) is 0 Å². The maximum Gasteiger partial charge on any atom is 0.408 e. The van der Waals surface area contributed by atoms with Gasteiger partial charge in [-0.25, -0.2) is 9.13 Å². The molecule has 2 heterocycles. The van der Waals surface area contributed by atoms with Crippen LogP contribution in [-0.2, 0) is 29.0 Å². The van der Waals surface area contributed by atoms with Gasteiger partial charge in [-0.15, -0.1) is 0 Å². The van der Waals surface area contributed by atoms with Gasteiger partial charge in [0.15, 0.2) is 0 Å². The van der Waals surface area contributed by atoms with Crippen molar-refractivity contribution in [2.24, 2.45) is 20.5 Å². The van der Waals surface area contributed by atoms with Crippen molar-refractivity contribution in [3.63, 3.8) is 0 Å². The summed E-state index contributed by atoms with van der Waals surface area (Å²) in [5.74, 6) is 0. The van der Waals surface area contributed by atoms with Gasteiger partial charge in [0.2, 0.25) is 0 Å². The molecule has 0 amide bonds. The van der Waals surface area contributed by atoms with E-state index in [1.165, 1.54) is 5.56 Å². The topological polar surface area (TPSA) is 87.7 Å². The minimum atomic E-state index is 0.587. The maximum absolute atomic E-state index is 5.72. The van der Waals surface area contributed by atoms with Crippen LogP contribution in [0.4, 0.5) is 27.3 Å². The van der Waals surface area contributed by atoms with Crippen LogP contribution in [0.3, 0.4) is 0 Å². The number of hydrogen-bond acceptors (Lipinski definition) is 9. The molecule has 0 atom stereocenters. The highest BCUT2D eigenvalue weighted by molar-refractivity contribution is 7.13. The summed E-state index contributed by atoms with van der Waals surface area (Å²) < 4.78 is 15.5. The number of aromatic nitrogens is 2. The zero-order valence-corrected chi connectivity index (χ0v) is 24.7. The Labute approximate surface area is 243 Å². The first-order valence-corrected chi connectivity index (χ1v) is 15.4. The molecule has 0 aliphatic rings. The van der Waals surface area contributed by atoms with Crippen molar-refractivity contribution in [3.05, 3.63) is 77.2 Å². The Bertz CT molecular complexity index is 1230. The number of azo groups is 2. The molecular formula is C29H37N7O2S2+2. The largest absolute Gasteiger partial charge is 0.408 e. The fourth-order valence-corrected chi connectivity index (χ4v) is 5.27. The lowest BCUT2D eigenvalue weighted by atomic mass is 10.1. The van der Waals surface area contributed by atoms with Gasteiger partial charge in [0.05, 0.1) is 43.1 Å². The van der Waals surface area contributed by atoms with E-state index >= 15 is 0 Å². The predicted octanol–water partition coefficient (Wildman–Crippen LogP) is 7.33. The lowest BCUT2D eigenvalue weighted by Gasteiger charge is -2.08. The van der Waals surface area contributed by atoms with Gasteiger partial charge in [-0.3, -0.25) is 0 Å². The molecule has 0 fully saturated rings. The average Bonchev–Trinajstić information content (AvgIpc) is 3.66. The predicted molar refractivity (Wildman–Crippen MR) is 160 cm³/mol. The van der Waals surface area contributed by atoms with E-state index in [-0.39, 0.29) is 0 Å². The zero-order valence-electron chi connectivity index (χ0n) is 23.1. The van der Waals surface area contributed by atoms with Crippen LogP contribution < -0.4 is 14.5 Å². The molecule has 0 aliphatic carbocycles. The minimum Gasteiger partial charge on any atom is -0.383 e. The number of rotatable bonds is 17. The molecule has 2 aromatic heterocycles. The van der Waals surface area contributed by atoms with Crippen molar-refractivity contribution in [1.29, 1.82) is 0 Å². The summed E-state index contributed by atoms with van der Waals surface area (Å²) in [5, 5.41) is 26.6. The van der Waals surface area contributed by atoms with E-state index in [1.807, 2.05) is 59.6 Å². The van der Waals surface area contributed by atoms with Gasteiger partial charge < -0.3 is 14.8 Å². The number of ether oxygens (including phenoxy) is 2. The molecule has 11 heteroatoms. The van der Waals surface area contributed by atoms with Crippen LogP contribution in [0.15, 0.2) is 92.1 Å². The van der Waals surface area contributed by atoms with E-state index in [4.69, 9.17) is 9.47 Å². The zero-order chi connectivity index (χ0) is 27.8. The third-order valence-corrected chi connectivity index (χ3v) is 7.58. The quantitative estimate of drug-likeness (QED) is 0.0807. The van der Waals surface area contributed by atoms with E-state index < -0.39 is 0 Å². The van der Waals surface area contributed by atoms with Crippen LogP contribution in [0.5, 0.6) is 0 Å². The molecule has 2 aromatic carbocycles. The third kappa shape index (κ3) is 9.67. The van der Waals surface area contributed by atoms with Crippen molar-refractivity contribution in [2.45, 2.75) is 39.8 Å². The summed E-state index contributed by atoms with van der Waals surface area (Å²) in [6, 6.07) is 16.2. The Morgan fingerprint density at radius 3 is 1.80 bits per heavy atom. The SMILES string of the molecule is CC[n+]1ccsc1N=Nc1ccc(CCCOCCOCCNc2ccc(N=Nc3scc[n+]3CC)cc2)cc1. The normalized spacial score (nSPS) is 11.7. The molecule has 0 bridgehead atoms. The molecular weight excluding hydrogens is 543 g/mol. The summed E-state index contributed by atoms with van der Waals surface area (Å²) in [5.41, 5.74) is 3.99.